The van der Waals surface area contributed by atoms with Gasteiger partial charge in [-0.15, -0.1) is 0 Å². The van der Waals surface area contributed by atoms with Crippen molar-refractivity contribution in [1.82, 2.24) is 9.97 Å². The van der Waals surface area contributed by atoms with Gasteiger partial charge in [-0.1, -0.05) is 0 Å². The summed E-state index contributed by atoms with van der Waals surface area (Å²) in [4.78, 5) is 4.69. The molecule has 1 heterocycles. The smallest absolute Gasteiger partial charge is 0.328 e. The third kappa shape index (κ3) is 3.74. The largest absolute Gasteiger partial charge is 0.449 e. The summed E-state index contributed by atoms with van der Waals surface area (Å²) in [5.41, 5.74) is -5.93. The monoisotopic (exact) mass is 362 g/mol. The highest BCUT2D eigenvalue weighted by Crippen LogP contribution is 2.38. The van der Waals surface area contributed by atoms with Crippen LogP contribution in [0.5, 0.6) is 0 Å². The lowest BCUT2D eigenvalue weighted by atomic mass is 10.5. The maximum absolute atomic E-state index is 12.1. The van der Waals surface area contributed by atoms with Crippen molar-refractivity contribution in [3.05, 3.63) is 9.39 Å². The number of H-pyrrole nitrogens is 1. The molecule has 0 amide bonds. The number of rotatable bonds is 1. The summed E-state index contributed by atoms with van der Waals surface area (Å²) in [6.07, 6.45) is -4.73. The highest BCUT2D eigenvalue weighted by Gasteiger charge is 2.38. The Balaban J connectivity index is 2.97. The normalized spacial score (nSPS) is 13.3. The maximum Gasteiger partial charge on any atom is 0.449 e. The lowest BCUT2D eigenvalue weighted by Crippen LogP contribution is -2.07. The van der Waals surface area contributed by atoms with Gasteiger partial charge < -0.3 is 4.98 Å². The average molecular weight is 362 g/mol. The van der Waals surface area contributed by atoms with Crippen molar-refractivity contribution >= 4 is 34.4 Å². The van der Waals surface area contributed by atoms with E-state index < -0.39 is 38.0 Å². The van der Waals surface area contributed by atoms with E-state index in [9.17, 15) is 26.3 Å². The second-order valence-corrected chi connectivity index (χ2v) is 4.33. The number of halogens is 7. The van der Waals surface area contributed by atoms with Crippen LogP contribution in [0.4, 0.5) is 26.3 Å². The van der Waals surface area contributed by atoms with E-state index >= 15 is 0 Å². The van der Waals surface area contributed by atoms with E-state index in [0.717, 1.165) is 0 Å². The molecule has 0 radical (unpaired) electrons. The summed E-state index contributed by atoms with van der Waals surface area (Å²) >= 11 is 0.495. The van der Waals surface area contributed by atoms with E-state index in [4.69, 9.17) is 0 Å². The standard InChI is InChI=1S/C5HF6IN2S/c6-4(7,8)1-2(12)14-3(13-1)15-5(9,10)11/h(H,13,14). The van der Waals surface area contributed by atoms with Crippen molar-refractivity contribution < 1.29 is 26.3 Å². The fraction of sp³-hybridized carbons (Fsp3) is 0.400. The molecule has 0 atom stereocenters. The summed E-state index contributed by atoms with van der Waals surface area (Å²) in [6.45, 7) is 0. The molecule has 1 N–H and O–H groups in total. The first kappa shape index (κ1) is 12.9. The SMILES string of the molecule is FC(F)(F)Sc1nc(I)c(C(F)(F)F)[nH]1. The Morgan fingerprint density at radius 2 is 1.67 bits per heavy atom. The molecule has 0 spiro atoms. The Labute approximate surface area is 97.0 Å². The number of hydrogen-bond donors (Lipinski definition) is 1. The Morgan fingerprint density at radius 1 is 1.13 bits per heavy atom. The molecule has 0 aliphatic heterocycles. The molecule has 0 unspecified atom stereocenters. The number of imidazole rings is 1. The molecule has 0 aliphatic rings. The summed E-state index contributed by atoms with van der Waals surface area (Å²) in [5, 5.41) is -0.820. The van der Waals surface area contributed by atoms with Crippen LogP contribution < -0.4 is 0 Å². The van der Waals surface area contributed by atoms with Gasteiger partial charge in [0.1, 0.15) is 3.70 Å². The molecule has 1 aromatic heterocycles. The number of aromatic nitrogens is 2. The predicted molar refractivity (Wildman–Crippen MR) is 48.2 cm³/mol. The van der Waals surface area contributed by atoms with Crippen LogP contribution in [-0.2, 0) is 6.18 Å². The quantitative estimate of drug-likeness (QED) is 0.470. The number of alkyl halides is 6. The first-order chi connectivity index (χ1) is 6.59. The lowest BCUT2D eigenvalue weighted by Gasteiger charge is -2.03. The zero-order chi connectivity index (χ0) is 11.9. The van der Waals surface area contributed by atoms with E-state index in [1.807, 2.05) is 0 Å². The van der Waals surface area contributed by atoms with E-state index in [2.05, 4.69) is 4.98 Å². The number of aromatic amines is 1. The Hall–Kier alpha value is -0.130. The molecule has 0 aliphatic carbocycles. The van der Waals surface area contributed by atoms with Crippen molar-refractivity contribution in [2.75, 3.05) is 0 Å². The number of nitrogens with one attached hydrogen (secondary N) is 1. The van der Waals surface area contributed by atoms with Gasteiger partial charge in [-0.05, 0) is 22.6 Å². The van der Waals surface area contributed by atoms with Crippen molar-refractivity contribution in [2.24, 2.45) is 0 Å². The molecule has 0 fully saturated rings. The zero-order valence-electron chi connectivity index (χ0n) is 6.50. The van der Waals surface area contributed by atoms with Crippen LogP contribution >= 0.6 is 34.4 Å². The minimum absolute atomic E-state index is 0.535. The van der Waals surface area contributed by atoms with E-state index in [-0.39, 0.29) is 0 Å². The minimum atomic E-state index is -4.73. The van der Waals surface area contributed by atoms with Gasteiger partial charge in [0, 0.05) is 11.8 Å². The maximum atomic E-state index is 12.1. The van der Waals surface area contributed by atoms with Gasteiger partial charge in [0.2, 0.25) is 0 Å². The molecule has 1 aromatic rings. The molecule has 0 saturated heterocycles. The molecule has 15 heavy (non-hydrogen) atoms. The van der Waals surface area contributed by atoms with Crippen LogP contribution in [0.1, 0.15) is 5.69 Å². The zero-order valence-corrected chi connectivity index (χ0v) is 9.48. The fourth-order valence-electron chi connectivity index (χ4n) is 0.677. The highest BCUT2D eigenvalue weighted by atomic mass is 127. The third-order valence-electron chi connectivity index (χ3n) is 1.13. The summed E-state index contributed by atoms with van der Waals surface area (Å²) in [7, 11) is 0. The van der Waals surface area contributed by atoms with Crippen LogP contribution in [0.2, 0.25) is 0 Å². The van der Waals surface area contributed by atoms with Crippen molar-refractivity contribution in [3.8, 4) is 0 Å². The summed E-state index contributed by atoms with van der Waals surface area (Å²) in [5.74, 6) is 0. The molecular weight excluding hydrogens is 361 g/mol. The van der Waals surface area contributed by atoms with E-state index in [1.165, 1.54) is 22.6 Å². The van der Waals surface area contributed by atoms with Gasteiger partial charge in [0.25, 0.3) is 0 Å². The van der Waals surface area contributed by atoms with Crippen LogP contribution in [0.3, 0.4) is 0 Å². The number of nitrogens with zero attached hydrogens (tertiary/aromatic N) is 1. The second kappa shape index (κ2) is 4.03. The number of thioether (sulfide) groups is 1. The van der Waals surface area contributed by atoms with Crippen molar-refractivity contribution in [1.29, 1.82) is 0 Å². The van der Waals surface area contributed by atoms with Gasteiger partial charge >= 0.3 is 11.7 Å². The van der Waals surface area contributed by atoms with E-state index in [0.29, 0.717) is 0 Å². The Morgan fingerprint density at radius 3 is 2.00 bits per heavy atom. The first-order valence-corrected chi connectivity index (χ1v) is 5.07. The second-order valence-electron chi connectivity index (χ2n) is 2.25. The molecule has 0 aromatic carbocycles. The molecule has 1 rings (SSSR count). The van der Waals surface area contributed by atoms with Crippen LogP contribution in [-0.4, -0.2) is 15.5 Å². The molecule has 0 bridgehead atoms. The molecular formula is C5HF6IN2S. The average Bonchev–Trinajstić information content (AvgIpc) is 2.25. The van der Waals surface area contributed by atoms with Crippen molar-refractivity contribution in [2.45, 2.75) is 16.8 Å². The minimum Gasteiger partial charge on any atom is -0.328 e. The highest BCUT2D eigenvalue weighted by molar-refractivity contribution is 14.1. The Kier molecular flexibility index (Phi) is 3.48. The van der Waals surface area contributed by atoms with Crippen LogP contribution in [0, 0.1) is 3.70 Å². The van der Waals surface area contributed by atoms with Gasteiger partial charge in [0.15, 0.2) is 10.9 Å². The predicted octanol–water partition coefficient (Wildman–Crippen LogP) is 3.65. The molecule has 86 valence electrons. The third-order valence-corrected chi connectivity index (χ3v) is 2.53. The van der Waals surface area contributed by atoms with Gasteiger partial charge in [-0.25, -0.2) is 4.98 Å². The number of hydrogen-bond acceptors (Lipinski definition) is 2. The molecule has 10 heteroatoms. The van der Waals surface area contributed by atoms with Gasteiger partial charge in [0.05, 0.1) is 0 Å². The topological polar surface area (TPSA) is 28.7 Å². The van der Waals surface area contributed by atoms with Crippen LogP contribution in [0.15, 0.2) is 5.16 Å². The fourth-order valence-corrected chi connectivity index (χ4v) is 2.03. The molecule has 2 nitrogen and oxygen atoms in total. The van der Waals surface area contributed by atoms with Crippen LogP contribution in [0.25, 0.3) is 0 Å². The summed E-state index contributed by atoms with van der Waals surface area (Å²) < 4.78 is 71.2. The van der Waals surface area contributed by atoms with Gasteiger partial charge in [-0.2, -0.15) is 26.3 Å². The first-order valence-electron chi connectivity index (χ1n) is 3.18. The van der Waals surface area contributed by atoms with Gasteiger partial charge in [-0.3, -0.25) is 0 Å². The molecule has 0 saturated carbocycles. The van der Waals surface area contributed by atoms with Crippen molar-refractivity contribution in [3.63, 3.8) is 0 Å². The Bertz CT molecular complexity index is 355. The summed E-state index contributed by atoms with van der Waals surface area (Å²) in [6, 6.07) is 0. The lowest BCUT2D eigenvalue weighted by molar-refractivity contribution is -0.141. The van der Waals surface area contributed by atoms with E-state index in [1.54, 1.807) is 4.98 Å².